The van der Waals surface area contributed by atoms with E-state index in [2.05, 4.69) is 36.2 Å². The number of nitrogens with zero attached hydrogens (tertiary/aromatic N) is 6. The summed E-state index contributed by atoms with van der Waals surface area (Å²) in [5.41, 5.74) is 0. The summed E-state index contributed by atoms with van der Waals surface area (Å²) >= 11 is 1.45. The SMILES string of the molecule is COCc1nsc(N2CCC(N(C)c3ccncn3)CC2)n1. The fourth-order valence-corrected chi connectivity index (χ4v) is 3.41. The van der Waals surface area contributed by atoms with Crippen molar-refractivity contribution in [3.63, 3.8) is 0 Å². The van der Waals surface area contributed by atoms with Gasteiger partial charge in [0.1, 0.15) is 18.8 Å². The highest BCUT2D eigenvalue weighted by molar-refractivity contribution is 7.09. The second-order valence-electron chi connectivity index (χ2n) is 5.32. The maximum Gasteiger partial charge on any atom is 0.205 e. The Hall–Kier alpha value is -1.80. The Labute approximate surface area is 134 Å². The molecule has 0 atom stereocenters. The largest absolute Gasteiger partial charge is 0.377 e. The van der Waals surface area contributed by atoms with Gasteiger partial charge >= 0.3 is 0 Å². The third-order valence-electron chi connectivity index (χ3n) is 3.94. The lowest BCUT2D eigenvalue weighted by Crippen LogP contribution is -2.43. The van der Waals surface area contributed by atoms with E-state index >= 15 is 0 Å². The van der Waals surface area contributed by atoms with Crippen molar-refractivity contribution in [1.82, 2.24) is 19.3 Å². The van der Waals surface area contributed by atoms with Gasteiger partial charge in [0.05, 0.1) is 0 Å². The van der Waals surface area contributed by atoms with Crippen LogP contribution in [0.25, 0.3) is 0 Å². The van der Waals surface area contributed by atoms with E-state index in [0.29, 0.717) is 12.6 Å². The molecule has 0 aliphatic carbocycles. The van der Waals surface area contributed by atoms with Gasteiger partial charge in [-0.15, -0.1) is 0 Å². The average molecular weight is 320 g/mol. The molecule has 22 heavy (non-hydrogen) atoms. The fraction of sp³-hybridized carbons (Fsp3) is 0.571. The summed E-state index contributed by atoms with van der Waals surface area (Å²) in [7, 11) is 3.76. The zero-order valence-corrected chi connectivity index (χ0v) is 13.7. The van der Waals surface area contributed by atoms with Crippen molar-refractivity contribution in [3.05, 3.63) is 24.4 Å². The molecule has 0 unspecified atom stereocenters. The number of aromatic nitrogens is 4. The predicted octanol–water partition coefficient (Wildman–Crippen LogP) is 1.58. The number of methoxy groups -OCH3 is 1. The van der Waals surface area contributed by atoms with E-state index < -0.39 is 0 Å². The van der Waals surface area contributed by atoms with Crippen LogP contribution in [0.5, 0.6) is 0 Å². The van der Waals surface area contributed by atoms with Gasteiger partial charge in [-0.1, -0.05) is 0 Å². The lowest BCUT2D eigenvalue weighted by Gasteiger charge is -2.36. The van der Waals surface area contributed by atoms with Crippen molar-refractivity contribution in [3.8, 4) is 0 Å². The van der Waals surface area contributed by atoms with E-state index in [9.17, 15) is 0 Å². The van der Waals surface area contributed by atoms with Crippen LogP contribution >= 0.6 is 11.5 Å². The zero-order chi connectivity index (χ0) is 15.4. The van der Waals surface area contributed by atoms with Crippen LogP contribution in [0.2, 0.25) is 0 Å². The van der Waals surface area contributed by atoms with Gasteiger partial charge in [0, 0.05) is 51.0 Å². The molecule has 8 heteroatoms. The molecule has 0 saturated carbocycles. The van der Waals surface area contributed by atoms with Crippen molar-refractivity contribution in [2.45, 2.75) is 25.5 Å². The van der Waals surface area contributed by atoms with Gasteiger partial charge in [0.25, 0.3) is 0 Å². The second kappa shape index (κ2) is 6.97. The predicted molar refractivity (Wildman–Crippen MR) is 86.3 cm³/mol. The van der Waals surface area contributed by atoms with E-state index in [1.54, 1.807) is 19.6 Å². The van der Waals surface area contributed by atoms with Crippen molar-refractivity contribution in [2.24, 2.45) is 0 Å². The lowest BCUT2D eigenvalue weighted by atomic mass is 10.0. The fourth-order valence-electron chi connectivity index (χ4n) is 2.68. The molecule has 0 radical (unpaired) electrons. The number of rotatable bonds is 5. The van der Waals surface area contributed by atoms with Crippen LogP contribution in [0.15, 0.2) is 18.6 Å². The number of piperidine rings is 1. The molecule has 7 nitrogen and oxygen atoms in total. The molecule has 0 spiro atoms. The smallest absolute Gasteiger partial charge is 0.205 e. The Morgan fingerprint density at radius 2 is 2.23 bits per heavy atom. The molecule has 1 aliphatic rings. The lowest BCUT2D eigenvalue weighted by molar-refractivity contribution is 0.179. The molecule has 1 saturated heterocycles. The van der Waals surface area contributed by atoms with Gasteiger partial charge in [-0.2, -0.15) is 4.37 Å². The molecule has 2 aromatic rings. The first-order valence-corrected chi connectivity index (χ1v) is 8.10. The topological polar surface area (TPSA) is 67.3 Å². The number of ether oxygens (including phenoxy) is 1. The first kappa shape index (κ1) is 15.1. The minimum Gasteiger partial charge on any atom is -0.377 e. The van der Waals surface area contributed by atoms with E-state index in [1.165, 1.54) is 11.5 Å². The molecule has 118 valence electrons. The Morgan fingerprint density at radius 3 is 2.91 bits per heavy atom. The van der Waals surface area contributed by atoms with Crippen molar-refractivity contribution in [1.29, 1.82) is 0 Å². The third-order valence-corrected chi connectivity index (χ3v) is 4.76. The van der Waals surface area contributed by atoms with Gasteiger partial charge in [-0.3, -0.25) is 0 Å². The van der Waals surface area contributed by atoms with Crippen LogP contribution in [0.4, 0.5) is 10.9 Å². The van der Waals surface area contributed by atoms with Crippen LogP contribution in [0, 0.1) is 0 Å². The highest BCUT2D eigenvalue weighted by atomic mass is 32.1. The first-order valence-electron chi connectivity index (χ1n) is 7.33. The molecule has 1 aliphatic heterocycles. The average Bonchev–Trinajstić information content (AvgIpc) is 3.04. The Balaban J connectivity index is 1.57. The van der Waals surface area contributed by atoms with E-state index in [1.807, 2.05) is 6.07 Å². The normalized spacial score (nSPS) is 16.0. The van der Waals surface area contributed by atoms with Crippen LogP contribution in [-0.4, -0.2) is 52.6 Å². The first-order chi connectivity index (χ1) is 10.8. The molecular formula is C14H20N6OS. The van der Waals surface area contributed by atoms with Gasteiger partial charge in [0.15, 0.2) is 5.82 Å². The number of hydrogen-bond donors (Lipinski definition) is 0. The standard InChI is InChI=1S/C14H20N6OS/c1-19(13-3-6-15-10-16-13)11-4-7-20(8-5-11)14-17-12(9-21-2)18-22-14/h3,6,10-11H,4-5,7-9H2,1-2H3. The Kier molecular flexibility index (Phi) is 4.79. The highest BCUT2D eigenvalue weighted by Gasteiger charge is 2.25. The van der Waals surface area contributed by atoms with Crippen LogP contribution in [0.3, 0.4) is 0 Å². The summed E-state index contributed by atoms with van der Waals surface area (Å²) in [5.74, 6) is 1.74. The number of anilines is 2. The van der Waals surface area contributed by atoms with Crippen molar-refractivity contribution >= 4 is 22.5 Å². The summed E-state index contributed by atoms with van der Waals surface area (Å²) in [6, 6.07) is 2.45. The minimum atomic E-state index is 0.476. The Morgan fingerprint density at radius 1 is 1.41 bits per heavy atom. The molecule has 0 bridgehead atoms. The van der Waals surface area contributed by atoms with E-state index in [4.69, 9.17) is 4.74 Å². The van der Waals surface area contributed by atoms with Crippen molar-refractivity contribution < 1.29 is 4.74 Å². The molecule has 2 aromatic heterocycles. The minimum absolute atomic E-state index is 0.476. The summed E-state index contributed by atoms with van der Waals surface area (Å²) in [5, 5.41) is 0.996. The summed E-state index contributed by atoms with van der Waals surface area (Å²) < 4.78 is 9.39. The quantitative estimate of drug-likeness (QED) is 0.828. The molecule has 3 rings (SSSR count). The van der Waals surface area contributed by atoms with E-state index in [0.717, 1.165) is 42.7 Å². The summed E-state index contributed by atoms with van der Waals surface area (Å²) in [6.07, 6.45) is 5.55. The van der Waals surface area contributed by atoms with E-state index in [-0.39, 0.29) is 0 Å². The molecule has 0 amide bonds. The Bertz CT molecular complexity index is 584. The molecular weight excluding hydrogens is 300 g/mol. The third kappa shape index (κ3) is 3.33. The van der Waals surface area contributed by atoms with Gasteiger partial charge in [-0.25, -0.2) is 15.0 Å². The van der Waals surface area contributed by atoms with Crippen LogP contribution in [-0.2, 0) is 11.3 Å². The summed E-state index contributed by atoms with van der Waals surface area (Å²) in [4.78, 5) is 17.4. The zero-order valence-electron chi connectivity index (χ0n) is 12.8. The maximum absolute atomic E-state index is 5.07. The highest BCUT2D eigenvalue weighted by Crippen LogP contribution is 2.25. The van der Waals surface area contributed by atoms with Crippen LogP contribution < -0.4 is 9.80 Å². The summed E-state index contributed by atoms with van der Waals surface area (Å²) in [6.45, 7) is 2.45. The second-order valence-corrected chi connectivity index (χ2v) is 6.05. The monoisotopic (exact) mass is 320 g/mol. The van der Waals surface area contributed by atoms with Gasteiger partial charge < -0.3 is 14.5 Å². The van der Waals surface area contributed by atoms with Gasteiger partial charge in [-0.05, 0) is 18.9 Å². The van der Waals surface area contributed by atoms with Crippen LogP contribution in [0.1, 0.15) is 18.7 Å². The molecule has 0 aromatic carbocycles. The molecule has 0 N–H and O–H groups in total. The van der Waals surface area contributed by atoms with Gasteiger partial charge in [0.2, 0.25) is 5.13 Å². The molecule has 3 heterocycles. The molecule has 1 fully saturated rings. The van der Waals surface area contributed by atoms with Crippen molar-refractivity contribution in [2.75, 3.05) is 37.0 Å². The maximum atomic E-state index is 5.07. The number of hydrogen-bond acceptors (Lipinski definition) is 8.